The molecule has 4 nitrogen and oxygen atoms in total. The number of carbonyl (C=O) groups excluding carboxylic acids is 1. The maximum Gasteiger partial charge on any atom is 0.231 e. The Balaban J connectivity index is 1.34. The zero-order valence-electron chi connectivity index (χ0n) is 15.1. The molecule has 1 aromatic carbocycles. The summed E-state index contributed by atoms with van der Waals surface area (Å²) in [6, 6.07) is 14.9. The molecule has 2 saturated heterocycles. The molecule has 0 bridgehead atoms. The molecule has 1 atom stereocenters. The Morgan fingerprint density at radius 1 is 1.04 bits per heavy atom. The van der Waals surface area contributed by atoms with Gasteiger partial charge in [-0.3, -0.25) is 9.69 Å². The first-order chi connectivity index (χ1) is 12.8. The summed E-state index contributed by atoms with van der Waals surface area (Å²) in [6.07, 6.45) is 6.21. The Kier molecular flexibility index (Phi) is 3.89. The van der Waals surface area contributed by atoms with Crippen LogP contribution in [0.2, 0.25) is 0 Å². The van der Waals surface area contributed by atoms with Gasteiger partial charge in [0.2, 0.25) is 5.91 Å². The predicted octanol–water partition coefficient (Wildman–Crippen LogP) is 3.86. The Hall–Kier alpha value is -2.07. The van der Waals surface area contributed by atoms with Crippen molar-refractivity contribution in [2.24, 2.45) is 11.3 Å². The lowest BCUT2D eigenvalue weighted by Crippen LogP contribution is -2.66. The number of nitrogens with zero attached hydrogens (tertiary/aromatic N) is 2. The molecule has 26 heavy (non-hydrogen) atoms. The summed E-state index contributed by atoms with van der Waals surface area (Å²) >= 11 is 0. The molecule has 1 aromatic heterocycles. The maximum absolute atomic E-state index is 13.2. The highest BCUT2D eigenvalue weighted by Crippen LogP contribution is 2.57. The molecule has 3 fully saturated rings. The van der Waals surface area contributed by atoms with Crippen LogP contribution >= 0.6 is 0 Å². The van der Waals surface area contributed by atoms with Gasteiger partial charge < -0.3 is 9.32 Å². The molecule has 0 radical (unpaired) electrons. The lowest BCUT2D eigenvalue weighted by Gasteiger charge is -2.59. The minimum absolute atomic E-state index is 0.185. The molecule has 1 amide bonds. The Morgan fingerprint density at radius 3 is 2.46 bits per heavy atom. The average Bonchev–Trinajstić information content (AvgIpc) is 3.36. The van der Waals surface area contributed by atoms with Crippen LogP contribution in [0, 0.1) is 11.3 Å². The molecule has 3 heterocycles. The molecule has 1 aliphatic carbocycles. The summed E-state index contributed by atoms with van der Waals surface area (Å²) in [7, 11) is 0. The molecule has 2 aromatic rings. The van der Waals surface area contributed by atoms with Crippen LogP contribution in [0.1, 0.15) is 43.0 Å². The second-order valence-electron chi connectivity index (χ2n) is 8.23. The zero-order valence-corrected chi connectivity index (χ0v) is 15.1. The number of piperidine rings is 1. The first kappa shape index (κ1) is 16.1. The lowest BCUT2D eigenvalue weighted by atomic mass is 9.62. The van der Waals surface area contributed by atoms with Gasteiger partial charge in [0.05, 0.1) is 24.3 Å². The highest BCUT2D eigenvalue weighted by molar-refractivity contribution is 5.91. The van der Waals surface area contributed by atoms with Crippen molar-refractivity contribution in [3.05, 3.63) is 60.1 Å². The van der Waals surface area contributed by atoms with E-state index in [1.807, 2.05) is 12.1 Å². The summed E-state index contributed by atoms with van der Waals surface area (Å²) in [5, 5.41) is 0. The van der Waals surface area contributed by atoms with Crippen molar-refractivity contribution in [2.45, 2.75) is 38.3 Å². The van der Waals surface area contributed by atoms with Crippen LogP contribution < -0.4 is 0 Å². The van der Waals surface area contributed by atoms with Crippen molar-refractivity contribution in [2.75, 3.05) is 19.6 Å². The van der Waals surface area contributed by atoms with Gasteiger partial charge in [-0.05, 0) is 62.4 Å². The van der Waals surface area contributed by atoms with Crippen molar-refractivity contribution < 1.29 is 9.21 Å². The van der Waals surface area contributed by atoms with Gasteiger partial charge in [0.1, 0.15) is 5.76 Å². The van der Waals surface area contributed by atoms with Crippen molar-refractivity contribution >= 4 is 5.91 Å². The van der Waals surface area contributed by atoms with Gasteiger partial charge in [-0.15, -0.1) is 0 Å². The second-order valence-corrected chi connectivity index (χ2v) is 8.23. The first-order valence-electron chi connectivity index (χ1n) is 9.87. The third-order valence-corrected chi connectivity index (χ3v) is 6.50. The highest BCUT2D eigenvalue weighted by Gasteiger charge is 2.61. The molecular weight excluding hydrogens is 324 g/mol. The average molecular weight is 350 g/mol. The molecule has 0 N–H and O–H groups in total. The number of likely N-dealkylation sites (tertiary alicyclic amines) is 2. The highest BCUT2D eigenvalue weighted by atomic mass is 16.3. The van der Waals surface area contributed by atoms with E-state index >= 15 is 0 Å². The van der Waals surface area contributed by atoms with Crippen molar-refractivity contribution in [1.82, 2.24) is 9.80 Å². The number of amides is 1. The van der Waals surface area contributed by atoms with Gasteiger partial charge >= 0.3 is 0 Å². The Bertz CT molecular complexity index is 759. The van der Waals surface area contributed by atoms with Crippen LogP contribution in [0.15, 0.2) is 53.1 Å². The van der Waals surface area contributed by atoms with E-state index < -0.39 is 0 Å². The molecule has 136 valence electrons. The van der Waals surface area contributed by atoms with E-state index in [0.717, 1.165) is 50.7 Å². The van der Waals surface area contributed by atoms with E-state index in [1.54, 1.807) is 6.26 Å². The largest absolute Gasteiger partial charge is 0.468 e. The van der Waals surface area contributed by atoms with Crippen LogP contribution in [0.3, 0.4) is 0 Å². The summed E-state index contributed by atoms with van der Waals surface area (Å²) in [5.74, 6) is 2.15. The molecule has 3 aliphatic rings. The van der Waals surface area contributed by atoms with Crippen LogP contribution in [0.5, 0.6) is 0 Å². The van der Waals surface area contributed by atoms with E-state index in [0.29, 0.717) is 5.91 Å². The smallest absolute Gasteiger partial charge is 0.231 e. The van der Waals surface area contributed by atoms with E-state index in [-0.39, 0.29) is 11.5 Å². The normalized spacial score (nSPS) is 25.5. The summed E-state index contributed by atoms with van der Waals surface area (Å²) < 4.78 is 5.49. The van der Waals surface area contributed by atoms with E-state index in [1.165, 1.54) is 18.4 Å². The number of carbonyl (C=O) groups is 1. The summed E-state index contributed by atoms with van der Waals surface area (Å²) in [5.41, 5.74) is 1.13. The van der Waals surface area contributed by atoms with Crippen LogP contribution in [-0.2, 0) is 11.3 Å². The summed E-state index contributed by atoms with van der Waals surface area (Å²) in [6.45, 7) is 3.73. The lowest BCUT2D eigenvalue weighted by molar-refractivity contribution is -0.181. The minimum Gasteiger partial charge on any atom is -0.468 e. The maximum atomic E-state index is 13.2. The number of hydrogen-bond donors (Lipinski definition) is 0. The molecule has 1 spiro atoms. The number of rotatable bonds is 5. The van der Waals surface area contributed by atoms with E-state index in [2.05, 4.69) is 40.1 Å². The Morgan fingerprint density at radius 2 is 1.81 bits per heavy atom. The fourth-order valence-electron chi connectivity index (χ4n) is 4.87. The van der Waals surface area contributed by atoms with Crippen LogP contribution in [0.4, 0.5) is 0 Å². The Labute approximate surface area is 154 Å². The van der Waals surface area contributed by atoms with Crippen molar-refractivity contribution in [3.63, 3.8) is 0 Å². The topological polar surface area (TPSA) is 36.7 Å². The van der Waals surface area contributed by atoms with Gasteiger partial charge in [-0.1, -0.05) is 30.3 Å². The molecule has 0 unspecified atom stereocenters. The number of benzene rings is 1. The number of hydrogen-bond acceptors (Lipinski definition) is 3. The standard InChI is InChI=1S/C22H26N2O2/c25-21-22(10-12-23(13-11-22)16-19-7-4-14-26-19)20(18-5-2-1-3-6-18)24(21)15-17-8-9-17/h1-7,14,17,20H,8-13,15-16H2/t20-/m1/s1. The number of β-lactam (4-membered cyclic amide) rings is 1. The van der Waals surface area contributed by atoms with Gasteiger partial charge in [-0.25, -0.2) is 0 Å². The van der Waals surface area contributed by atoms with Gasteiger partial charge in [0, 0.05) is 6.54 Å². The van der Waals surface area contributed by atoms with Gasteiger partial charge in [0.25, 0.3) is 0 Å². The molecule has 2 aliphatic heterocycles. The molecule has 1 saturated carbocycles. The molecule has 4 heteroatoms. The zero-order chi connectivity index (χ0) is 17.6. The second kappa shape index (κ2) is 6.27. The quantitative estimate of drug-likeness (QED) is 0.769. The van der Waals surface area contributed by atoms with Crippen LogP contribution in [-0.4, -0.2) is 35.3 Å². The van der Waals surface area contributed by atoms with Gasteiger partial charge in [-0.2, -0.15) is 0 Å². The first-order valence-corrected chi connectivity index (χ1v) is 9.87. The van der Waals surface area contributed by atoms with Crippen molar-refractivity contribution in [3.8, 4) is 0 Å². The van der Waals surface area contributed by atoms with E-state index in [4.69, 9.17) is 4.42 Å². The van der Waals surface area contributed by atoms with Crippen molar-refractivity contribution in [1.29, 1.82) is 0 Å². The van der Waals surface area contributed by atoms with Gasteiger partial charge in [0.15, 0.2) is 0 Å². The fourth-order valence-corrected chi connectivity index (χ4v) is 4.87. The van der Waals surface area contributed by atoms with Crippen LogP contribution in [0.25, 0.3) is 0 Å². The SMILES string of the molecule is O=C1N(CC2CC2)[C@H](c2ccccc2)C12CCN(Cc1ccco1)CC2. The summed E-state index contributed by atoms with van der Waals surface area (Å²) in [4.78, 5) is 17.8. The number of furan rings is 1. The van der Waals surface area contributed by atoms with E-state index in [9.17, 15) is 4.79 Å². The monoisotopic (exact) mass is 350 g/mol. The molecular formula is C22H26N2O2. The predicted molar refractivity (Wildman–Crippen MR) is 99.3 cm³/mol. The molecule has 5 rings (SSSR count). The third-order valence-electron chi connectivity index (χ3n) is 6.50. The fraction of sp³-hybridized carbons (Fsp3) is 0.500. The minimum atomic E-state index is -0.185. The third kappa shape index (κ3) is 2.67.